The van der Waals surface area contributed by atoms with Gasteiger partial charge in [0.2, 0.25) is 0 Å². The van der Waals surface area contributed by atoms with Crippen LogP contribution < -0.4 is 10.6 Å². The molecule has 0 saturated heterocycles. The van der Waals surface area contributed by atoms with Gasteiger partial charge in [-0.05, 0) is 71.3 Å². The topological polar surface area (TPSA) is 105 Å². The molecule has 2 amide bonds. The summed E-state index contributed by atoms with van der Waals surface area (Å²) < 4.78 is 41.2. The molecule has 0 aliphatic rings. The average molecular weight is 549 g/mol. The summed E-state index contributed by atoms with van der Waals surface area (Å²) in [6.45, 7) is -1.55. The molecule has 0 saturated carbocycles. The number of nitrogens with one attached hydrogen (secondary N) is 2. The zero-order valence-corrected chi connectivity index (χ0v) is 20.9. The fraction of sp³-hybridized carbons (Fsp3) is 0.100. The molecule has 0 unspecified atom stereocenters. The van der Waals surface area contributed by atoms with Gasteiger partial charge in [-0.25, -0.2) is 4.79 Å². The van der Waals surface area contributed by atoms with Gasteiger partial charge < -0.3 is 20.5 Å². The number of phenols is 1. The molecule has 40 heavy (non-hydrogen) atoms. The van der Waals surface area contributed by atoms with Crippen molar-refractivity contribution < 1.29 is 37.4 Å². The van der Waals surface area contributed by atoms with Crippen molar-refractivity contribution in [2.75, 3.05) is 11.9 Å². The zero-order valence-electron chi connectivity index (χ0n) is 20.9. The van der Waals surface area contributed by atoms with E-state index >= 15 is 0 Å². The van der Waals surface area contributed by atoms with Crippen LogP contribution >= 0.6 is 0 Å². The number of alkyl halides is 3. The number of hydrogen-bond acceptors (Lipinski definition) is 5. The molecule has 0 radical (unpaired) electrons. The van der Waals surface area contributed by atoms with Crippen molar-refractivity contribution in [3.8, 4) is 16.9 Å². The molecule has 0 aliphatic carbocycles. The Morgan fingerprint density at radius 2 is 1.38 bits per heavy atom. The van der Waals surface area contributed by atoms with E-state index in [1.165, 1.54) is 18.2 Å². The number of carbonyl (C=O) groups excluding carboxylic acids is 3. The quantitative estimate of drug-likeness (QED) is 0.236. The number of ether oxygens (including phenoxy) is 1. The van der Waals surface area contributed by atoms with Gasteiger partial charge in [0.05, 0.1) is 5.56 Å². The lowest BCUT2D eigenvalue weighted by Crippen LogP contribution is -2.23. The Labute approximate surface area is 227 Å². The first-order valence-electron chi connectivity index (χ1n) is 12.0. The van der Waals surface area contributed by atoms with E-state index in [1.807, 2.05) is 6.07 Å². The van der Waals surface area contributed by atoms with Gasteiger partial charge in [-0.3, -0.25) is 9.59 Å². The smallest absolute Gasteiger partial charge is 0.422 e. The van der Waals surface area contributed by atoms with Crippen molar-refractivity contribution >= 4 is 23.5 Å². The SMILES string of the molecule is O=C(NCc1cccc(NC(=O)c2cccc(C(=O)OCC(F)(F)F)c2)c1)c1cccc(-c2ccc(O)cc2)c1. The fourth-order valence-corrected chi connectivity index (χ4v) is 3.76. The highest BCUT2D eigenvalue weighted by Gasteiger charge is 2.30. The Morgan fingerprint density at radius 1 is 0.725 bits per heavy atom. The van der Waals surface area contributed by atoms with Crippen molar-refractivity contribution in [3.05, 3.63) is 119 Å². The molecule has 0 aliphatic heterocycles. The first-order valence-corrected chi connectivity index (χ1v) is 12.0. The number of amides is 2. The molecule has 0 fully saturated rings. The van der Waals surface area contributed by atoms with Crippen molar-refractivity contribution in [3.63, 3.8) is 0 Å². The summed E-state index contributed by atoms with van der Waals surface area (Å²) in [5.41, 5.74) is 3.08. The minimum Gasteiger partial charge on any atom is -0.508 e. The maximum Gasteiger partial charge on any atom is 0.422 e. The van der Waals surface area contributed by atoms with E-state index < -0.39 is 24.7 Å². The van der Waals surface area contributed by atoms with E-state index in [9.17, 15) is 32.7 Å². The third-order valence-electron chi connectivity index (χ3n) is 5.69. The Morgan fingerprint density at radius 3 is 2.10 bits per heavy atom. The minimum atomic E-state index is -4.66. The van der Waals surface area contributed by atoms with Crippen molar-refractivity contribution in [1.29, 1.82) is 0 Å². The van der Waals surface area contributed by atoms with Crippen LogP contribution in [-0.4, -0.2) is 35.7 Å². The number of anilines is 1. The average Bonchev–Trinajstić information content (AvgIpc) is 2.95. The number of rotatable bonds is 8. The summed E-state index contributed by atoms with van der Waals surface area (Å²) in [6.07, 6.45) is -4.66. The van der Waals surface area contributed by atoms with Crippen molar-refractivity contribution in [2.45, 2.75) is 12.7 Å². The van der Waals surface area contributed by atoms with Gasteiger partial charge >= 0.3 is 12.1 Å². The molecule has 0 atom stereocenters. The highest BCUT2D eigenvalue weighted by Crippen LogP contribution is 2.23. The molecular weight excluding hydrogens is 525 g/mol. The Bertz CT molecular complexity index is 1540. The van der Waals surface area contributed by atoms with Gasteiger partial charge in [-0.2, -0.15) is 13.2 Å². The highest BCUT2D eigenvalue weighted by atomic mass is 19.4. The van der Waals surface area contributed by atoms with Gasteiger partial charge in [0.15, 0.2) is 6.61 Å². The second-order valence-electron chi connectivity index (χ2n) is 8.74. The lowest BCUT2D eigenvalue weighted by molar-refractivity contribution is -0.161. The first kappa shape index (κ1) is 27.9. The van der Waals surface area contributed by atoms with Crippen LogP contribution in [0.4, 0.5) is 18.9 Å². The number of phenolic OH excluding ortho intramolecular Hbond substituents is 1. The molecule has 204 valence electrons. The second kappa shape index (κ2) is 12.2. The lowest BCUT2D eigenvalue weighted by atomic mass is 10.0. The predicted octanol–water partition coefficient (Wildman–Crippen LogP) is 5.96. The summed E-state index contributed by atoms with van der Waals surface area (Å²) >= 11 is 0. The van der Waals surface area contributed by atoms with E-state index in [-0.39, 0.29) is 29.3 Å². The molecule has 4 aromatic rings. The molecule has 0 bridgehead atoms. The van der Waals surface area contributed by atoms with Crippen LogP contribution in [0.1, 0.15) is 36.6 Å². The molecule has 7 nitrogen and oxygen atoms in total. The van der Waals surface area contributed by atoms with E-state index in [4.69, 9.17) is 0 Å². The van der Waals surface area contributed by atoms with Crippen LogP contribution in [0, 0.1) is 0 Å². The predicted molar refractivity (Wildman–Crippen MR) is 142 cm³/mol. The van der Waals surface area contributed by atoms with Crippen LogP contribution in [0.15, 0.2) is 97.1 Å². The Balaban J connectivity index is 1.37. The van der Waals surface area contributed by atoms with Crippen LogP contribution in [0.5, 0.6) is 5.75 Å². The van der Waals surface area contributed by atoms with Gasteiger partial charge in [-0.15, -0.1) is 0 Å². The molecule has 4 rings (SSSR count). The summed E-state index contributed by atoms with van der Waals surface area (Å²) in [4.78, 5) is 37.4. The normalized spacial score (nSPS) is 11.0. The van der Waals surface area contributed by atoms with Crippen LogP contribution in [0.3, 0.4) is 0 Å². The molecule has 0 spiro atoms. The minimum absolute atomic E-state index is 0.0497. The van der Waals surface area contributed by atoms with Gasteiger partial charge in [0.1, 0.15) is 5.75 Å². The van der Waals surface area contributed by atoms with E-state index in [0.717, 1.165) is 17.2 Å². The van der Waals surface area contributed by atoms with Gasteiger partial charge in [-0.1, -0.05) is 42.5 Å². The van der Waals surface area contributed by atoms with Crippen molar-refractivity contribution in [1.82, 2.24) is 5.32 Å². The number of aromatic hydroxyl groups is 1. The van der Waals surface area contributed by atoms with Gasteiger partial charge in [0.25, 0.3) is 11.8 Å². The Kier molecular flexibility index (Phi) is 8.48. The van der Waals surface area contributed by atoms with E-state index in [2.05, 4.69) is 15.4 Å². The number of benzene rings is 4. The maximum absolute atomic E-state index is 12.8. The number of halogens is 3. The number of carbonyl (C=O) groups is 3. The van der Waals surface area contributed by atoms with Crippen LogP contribution in [0.2, 0.25) is 0 Å². The van der Waals surface area contributed by atoms with Crippen molar-refractivity contribution in [2.24, 2.45) is 0 Å². The largest absolute Gasteiger partial charge is 0.508 e. The number of hydrogen-bond donors (Lipinski definition) is 3. The molecule has 0 heterocycles. The zero-order chi connectivity index (χ0) is 28.7. The second-order valence-corrected chi connectivity index (χ2v) is 8.74. The molecule has 0 aromatic heterocycles. The van der Waals surface area contributed by atoms with E-state index in [1.54, 1.807) is 66.7 Å². The summed E-state index contributed by atoms with van der Waals surface area (Å²) in [7, 11) is 0. The van der Waals surface area contributed by atoms with Crippen LogP contribution in [-0.2, 0) is 11.3 Å². The van der Waals surface area contributed by atoms with Crippen LogP contribution in [0.25, 0.3) is 11.1 Å². The lowest BCUT2D eigenvalue weighted by Gasteiger charge is -2.11. The third-order valence-corrected chi connectivity index (χ3v) is 5.69. The monoisotopic (exact) mass is 548 g/mol. The number of esters is 1. The molecule has 10 heteroatoms. The van der Waals surface area contributed by atoms with E-state index in [0.29, 0.717) is 16.8 Å². The Hall–Kier alpha value is -5.12. The fourth-order valence-electron chi connectivity index (χ4n) is 3.76. The molecular formula is C30H23F3N2O5. The summed E-state index contributed by atoms with van der Waals surface area (Å²) in [5, 5.41) is 15.0. The molecule has 4 aromatic carbocycles. The van der Waals surface area contributed by atoms with Gasteiger partial charge in [0, 0.05) is 23.4 Å². The standard InChI is InChI=1S/C30H23F3N2O5/c31-30(32,33)18-40-29(39)24-8-3-7-23(16-24)28(38)35-25-9-1-4-19(14-25)17-34-27(37)22-6-2-5-21(15-22)20-10-12-26(36)13-11-20/h1-16,36H,17-18H2,(H,34,37)(H,35,38). The highest BCUT2D eigenvalue weighted by molar-refractivity contribution is 6.05. The third kappa shape index (κ3) is 7.70. The molecule has 3 N–H and O–H groups in total. The summed E-state index contributed by atoms with van der Waals surface area (Å²) in [5.74, 6) is -1.94. The first-order chi connectivity index (χ1) is 19.1. The maximum atomic E-state index is 12.8. The summed E-state index contributed by atoms with van der Waals surface area (Å²) in [6, 6.07) is 25.6.